The van der Waals surface area contributed by atoms with Crippen LogP contribution in [-0.2, 0) is 0 Å². The zero-order chi connectivity index (χ0) is 14.7. The zero-order valence-corrected chi connectivity index (χ0v) is 10.7. The van der Waals surface area contributed by atoms with E-state index >= 15 is 0 Å². The molecule has 0 bridgehead atoms. The monoisotopic (exact) mass is 291 g/mol. The summed E-state index contributed by atoms with van der Waals surface area (Å²) in [5.74, 6) is -1.39. The van der Waals surface area contributed by atoms with E-state index in [0.717, 1.165) is 6.07 Å². The van der Waals surface area contributed by atoms with E-state index in [4.69, 9.17) is 26.7 Å². The molecule has 0 aliphatic carbocycles. The summed E-state index contributed by atoms with van der Waals surface area (Å²) in [6, 6.07) is 9.51. The first kappa shape index (κ1) is 13.8. The highest BCUT2D eigenvalue weighted by atomic mass is 35.5. The number of carboxylic acid groups (broad SMARTS) is 1. The molecule has 0 fully saturated rings. The minimum atomic E-state index is -1.15. The summed E-state index contributed by atoms with van der Waals surface area (Å²) in [4.78, 5) is 10.8. The van der Waals surface area contributed by atoms with Crippen molar-refractivity contribution >= 4 is 17.6 Å². The Balaban J connectivity index is 2.27. The molecule has 0 spiro atoms. The second-order valence-electron chi connectivity index (χ2n) is 3.80. The van der Waals surface area contributed by atoms with Crippen LogP contribution in [0.2, 0.25) is 5.02 Å². The van der Waals surface area contributed by atoms with Gasteiger partial charge in [-0.3, -0.25) is 0 Å². The predicted molar refractivity (Wildman–Crippen MR) is 69.6 cm³/mol. The van der Waals surface area contributed by atoms with Gasteiger partial charge < -0.3 is 9.84 Å². The normalized spacial score (nSPS) is 9.85. The molecule has 0 aliphatic rings. The third-order valence-electron chi connectivity index (χ3n) is 2.47. The topological polar surface area (TPSA) is 70.3 Å². The lowest BCUT2D eigenvalue weighted by molar-refractivity contribution is 0.0697. The van der Waals surface area contributed by atoms with Gasteiger partial charge in [0.25, 0.3) is 0 Å². The van der Waals surface area contributed by atoms with E-state index in [1.165, 1.54) is 30.3 Å². The smallest absolute Gasteiger partial charge is 0.337 e. The van der Waals surface area contributed by atoms with Crippen molar-refractivity contribution in [2.45, 2.75) is 0 Å². The molecule has 2 aromatic rings. The van der Waals surface area contributed by atoms with Gasteiger partial charge in [-0.15, -0.1) is 0 Å². The fourth-order valence-electron chi connectivity index (χ4n) is 1.52. The van der Waals surface area contributed by atoms with Gasteiger partial charge in [0.2, 0.25) is 0 Å². The Hall–Kier alpha value is -2.58. The van der Waals surface area contributed by atoms with Gasteiger partial charge in [-0.05, 0) is 24.3 Å². The van der Waals surface area contributed by atoms with Crippen LogP contribution >= 0.6 is 11.6 Å². The number of hydrogen-bond acceptors (Lipinski definition) is 3. The van der Waals surface area contributed by atoms with E-state index in [9.17, 15) is 9.18 Å². The number of aromatic carboxylic acids is 1. The maximum Gasteiger partial charge on any atom is 0.337 e. The molecule has 0 saturated heterocycles. The van der Waals surface area contributed by atoms with Crippen LogP contribution in [0.5, 0.6) is 11.5 Å². The molecule has 0 unspecified atom stereocenters. The van der Waals surface area contributed by atoms with Crippen molar-refractivity contribution in [3.8, 4) is 17.6 Å². The standard InChI is InChI=1S/C14H7ClFNO3/c15-12-5-9(3-4-11(12)14(18)19)20-10-2-1-8(7-17)13(16)6-10/h1-6H,(H,18,19). The van der Waals surface area contributed by atoms with Gasteiger partial charge in [0.15, 0.2) is 0 Å². The van der Waals surface area contributed by atoms with Crippen LogP contribution in [0.3, 0.4) is 0 Å². The van der Waals surface area contributed by atoms with Crippen LogP contribution < -0.4 is 4.74 Å². The summed E-state index contributed by atoms with van der Waals surface area (Å²) in [6.45, 7) is 0. The van der Waals surface area contributed by atoms with Gasteiger partial charge in [0, 0.05) is 12.1 Å². The molecule has 6 heteroatoms. The highest BCUT2D eigenvalue weighted by Gasteiger charge is 2.10. The number of carbonyl (C=O) groups is 1. The van der Waals surface area contributed by atoms with Crippen LogP contribution in [0.4, 0.5) is 4.39 Å². The molecule has 1 N–H and O–H groups in total. The molecular formula is C14H7ClFNO3. The number of nitrogens with zero attached hydrogens (tertiary/aromatic N) is 1. The summed E-state index contributed by atoms with van der Waals surface area (Å²) in [7, 11) is 0. The summed E-state index contributed by atoms with van der Waals surface area (Å²) >= 11 is 5.79. The maximum atomic E-state index is 13.4. The van der Waals surface area contributed by atoms with Crippen molar-refractivity contribution in [1.82, 2.24) is 0 Å². The molecule has 2 rings (SSSR count). The lowest BCUT2D eigenvalue weighted by Crippen LogP contribution is -1.97. The second-order valence-corrected chi connectivity index (χ2v) is 4.21. The van der Waals surface area contributed by atoms with Gasteiger partial charge in [-0.1, -0.05) is 11.6 Å². The Morgan fingerprint density at radius 1 is 1.25 bits per heavy atom. The SMILES string of the molecule is N#Cc1ccc(Oc2ccc(C(=O)O)c(Cl)c2)cc1F. The van der Waals surface area contributed by atoms with Gasteiger partial charge >= 0.3 is 5.97 Å². The summed E-state index contributed by atoms with van der Waals surface area (Å²) in [6.07, 6.45) is 0. The van der Waals surface area contributed by atoms with E-state index in [1.54, 1.807) is 6.07 Å². The van der Waals surface area contributed by atoms with E-state index < -0.39 is 11.8 Å². The molecule has 0 heterocycles. The van der Waals surface area contributed by atoms with Crippen molar-refractivity contribution in [1.29, 1.82) is 5.26 Å². The molecule has 0 saturated carbocycles. The first-order valence-corrected chi connectivity index (χ1v) is 5.79. The van der Waals surface area contributed by atoms with Crippen molar-refractivity contribution in [3.63, 3.8) is 0 Å². The molecule has 0 atom stereocenters. The number of ether oxygens (including phenoxy) is 1. The van der Waals surface area contributed by atoms with Crippen molar-refractivity contribution in [2.24, 2.45) is 0 Å². The number of hydrogen-bond donors (Lipinski definition) is 1. The first-order chi connectivity index (χ1) is 9.51. The quantitative estimate of drug-likeness (QED) is 0.932. The lowest BCUT2D eigenvalue weighted by Gasteiger charge is -2.07. The average Bonchev–Trinajstić information content (AvgIpc) is 2.38. The summed E-state index contributed by atoms with van der Waals surface area (Å²) < 4.78 is 18.7. The predicted octanol–water partition coefficient (Wildman–Crippen LogP) is 3.84. The zero-order valence-electron chi connectivity index (χ0n) is 9.93. The van der Waals surface area contributed by atoms with Gasteiger partial charge in [0.05, 0.1) is 16.1 Å². The number of carboxylic acids is 1. The van der Waals surface area contributed by atoms with Gasteiger partial charge in [-0.2, -0.15) is 5.26 Å². The highest BCUT2D eigenvalue weighted by molar-refractivity contribution is 6.33. The Labute approximate surface area is 118 Å². The molecule has 0 aromatic heterocycles. The maximum absolute atomic E-state index is 13.4. The average molecular weight is 292 g/mol. The summed E-state index contributed by atoms with van der Waals surface area (Å²) in [5, 5.41) is 17.5. The van der Waals surface area contributed by atoms with E-state index in [2.05, 4.69) is 0 Å². The second kappa shape index (κ2) is 5.59. The number of benzene rings is 2. The highest BCUT2D eigenvalue weighted by Crippen LogP contribution is 2.27. The first-order valence-electron chi connectivity index (χ1n) is 5.41. The Kier molecular flexibility index (Phi) is 3.87. The number of nitriles is 1. The van der Waals surface area contributed by atoms with Crippen LogP contribution in [-0.4, -0.2) is 11.1 Å². The van der Waals surface area contributed by atoms with Crippen LogP contribution in [0, 0.1) is 17.1 Å². The van der Waals surface area contributed by atoms with Crippen molar-refractivity contribution < 1.29 is 19.0 Å². The number of rotatable bonds is 3. The fraction of sp³-hybridized carbons (Fsp3) is 0. The molecule has 0 radical (unpaired) electrons. The Morgan fingerprint density at radius 2 is 1.90 bits per heavy atom. The lowest BCUT2D eigenvalue weighted by atomic mass is 10.2. The third kappa shape index (κ3) is 2.87. The van der Waals surface area contributed by atoms with Gasteiger partial charge in [-0.25, -0.2) is 9.18 Å². The van der Waals surface area contributed by atoms with E-state index in [1.807, 2.05) is 0 Å². The fourth-order valence-corrected chi connectivity index (χ4v) is 1.77. The summed E-state index contributed by atoms with van der Waals surface area (Å²) in [5.41, 5.74) is -0.137. The minimum Gasteiger partial charge on any atom is -0.478 e. The number of halogens is 2. The molecule has 4 nitrogen and oxygen atoms in total. The van der Waals surface area contributed by atoms with Crippen LogP contribution in [0.25, 0.3) is 0 Å². The molecule has 2 aromatic carbocycles. The van der Waals surface area contributed by atoms with Crippen molar-refractivity contribution in [2.75, 3.05) is 0 Å². The Morgan fingerprint density at radius 3 is 2.45 bits per heavy atom. The van der Waals surface area contributed by atoms with E-state index in [0.29, 0.717) is 0 Å². The van der Waals surface area contributed by atoms with Crippen LogP contribution in [0.15, 0.2) is 36.4 Å². The third-order valence-corrected chi connectivity index (χ3v) is 2.78. The van der Waals surface area contributed by atoms with Crippen molar-refractivity contribution in [3.05, 3.63) is 58.4 Å². The minimum absolute atomic E-state index is 0.0177. The largest absolute Gasteiger partial charge is 0.478 e. The molecule has 20 heavy (non-hydrogen) atoms. The van der Waals surface area contributed by atoms with E-state index in [-0.39, 0.29) is 27.6 Å². The Bertz CT molecular complexity index is 725. The van der Waals surface area contributed by atoms with Gasteiger partial charge in [0.1, 0.15) is 23.4 Å². The molecule has 0 amide bonds. The molecular weight excluding hydrogens is 285 g/mol. The van der Waals surface area contributed by atoms with Crippen LogP contribution in [0.1, 0.15) is 15.9 Å². The molecule has 100 valence electrons. The molecule has 0 aliphatic heterocycles.